The summed E-state index contributed by atoms with van der Waals surface area (Å²) in [5.74, 6) is -0.556. The molecule has 3 aromatic rings. The lowest BCUT2D eigenvalue weighted by Crippen LogP contribution is -2.22. The third kappa shape index (κ3) is 3.40. The maximum atomic E-state index is 12.8. The molecule has 8 heteroatoms. The van der Waals surface area contributed by atoms with Gasteiger partial charge < -0.3 is 10.2 Å². The van der Waals surface area contributed by atoms with Gasteiger partial charge in [-0.2, -0.15) is 0 Å². The Morgan fingerprint density at radius 2 is 2.00 bits per heavy atom. The van der Waals surface area contributed by atoms with Crippen molar-refractivity contribution >= 4 is 46.4 Å². The van der Waals surface area contributed by atoms with E-state index in [2.05, 4.69) is 10.3 Å². The molecule has 2 heterocycles. The average Bonchev–Trinajstić information content (AvgIpc) is 3.01. The number of halogens is 1. The second kappa shape index (κ2) is 7.39. The first-order valence-corrected chi connectivity index (χ1v) is 9.36. The van der Waals surface area contributed by atoms with Crippen LogP contribution in [0.1, 0.15) is 20.8 Å². The lowest BCUT2D eigenvalue weighted by Gasteiger charge is -2.12. The Kier molecular flexibility index (Phi) is 5.20. The molecule has 2 amide bonds. The lowest BCUT2D eigenvalue weighted by atomic mass is 10.1. The highest BCUT2D eigenvalue weighted by Gasteiger charge is 2.19. The minimum atomic E-state index is -0.384. The summed E-state index contributed by atoms with van der Waals surface area (Å²) in [5.41, 5.74) is 1.81. The van der Waals surface area contributed by atoms with Crippen LogP contribution in [0, 0.1) is 0 Å². The number of nitrogens with one attached hydrogen (secondary N) is 1. The van der Waals surface area contributed by atoms with Crippen LogP contribution < -0.4 is 5.32 Å². The van der Waals surface area contributed by atoms with Crippen LogP contribution in [0.25, 0.3) is 5.52 Å². The van der Waals surface area contributed by atoms with E-state index in [-0.39, 0.29) is 11.8 Å². The van der Waals surface area contributed by atoms with Crippen molar-refractivity contribution in [2.45, 2.75) is 5.16 Å². The number of hydrogen-bond acceptors (Lipinski definition) is 4. The quantitative estimate of drug-likeness (QED) is 0.692. The van der Waals surface area contributed by atoms with Gasteiger partial charge in [0.2, 0.25) is 0 Å². The third-order valence-electron chi connectivity index (χ3n) is 3.78. The molecule has 0 saturated heterocycles. The number of fused-ring (bicyclic) bond motifs is 1. The zero-order valence-corrected chi connectivity index (χ0v) is 16.1. The Morgan fingerprint density at radius 3 is 2.69 bits per heavy atom. The number of carbonyl (C=O) groups excluding carboxylic acids is 2. The highest BCUT2D eigenvalue weighted by molar-refractivity contribution is 7.98. The normalized spacial score (nSPS) is 10.8. The first kappa shape index (κ1) is 18.3. The summed E-state index contributed by atoms with van der Waals surface area (Å²) in [6.07, 6.45) is 3.75. The fourth-order valence-corrected chi connectivity index (χ4v) is 3.22. The van der Waals surface area contributed by atoms with E-state index in [0.717, 1.165) is 0 Å². The molecule has 1 aromatic carbocycles. The van der Waals surface area contributed by atoms with Crippen LogP contribution >= 0.6 is 23.4 Å². The molecule has 26 heavy (non-hydrogen) atoms. The van der Waals surface area contributed by atoms with Gasteiger partial charge in [0.25, 0.3) is 11.8 Å². The topological polar surface area (TPSA) is 66.7 Å². The fourth-order valence-electron chi connectivity index (χ4n) is 2.51. The number of aromatic nitrogens is 2. The molecule has 1 N–H and O–H groups in total. The average molecular weight is 389 g/mol. The smallest absolute Gasteiger partial charge is 0.276 e. The second-order valence-corrected chi connectivity index (χ2v) is 6.93. The van der Waals surface area contributed by atoms with E-state index in [0.29, 0.717) is 32.6 Å². The zero-order valence-electron chi connectivity index (χ0n) is 14.5. The van der Waals surface area contributed by atoms with Gasteiger partial charge in [-0.05, 0) is 36.6 Å². The van der Waals surface area contributed by atoms with Crippen molar-refractivity contribution in [3.8, 4) is 0 Å². The zero-order chi connectivity index (χ0) is 18.8. The van der Waals surface area contributed by atoms with Crippen LogP contribution in [0.15, 0.2) is 47.8 Å². The van der Waals surface area contributed by atoms with Crippen molar-refractivity contribution in [3.63, 3.8) is 0 Å². The molecule has 3 rings (SSSR count). The van der Waals surface area contributed by atoms with E-state index in [1.54, 1.807) is 32.3 Å². The lowest BCUT2D eigenvalue weighted by molar-refractivity contribution is 0.0827. The van der Waals surface area contributed by atoms with Gasteiger partial charge in [0, 0.05) is 25.9 Å². The van der Waals surface area contributed by atoms with Crippen molar-refractivity contribution < 1.29 is 9.59 Å². The number of thioether (sulfide) groups is 1. The largest absolute Gasteiger partial charge is 0.345 e. The van der Waals surface area contributed by atoms with Gasteiger partial charge in [0.05, 0.1) is 16.2 Å². The number of imidazole rings is 1. The van der Waals surface area contributed by atoms with Crippen LogP contribution in [-0.2, 0) is 0 Å². The maximum Gasteiger partial charge on any atom is 0.276 e. The summed E-state index contributed by atoms with van der Waals surface area (Å²) < 4.78 is 1.85. The first-order valence-electron chi connectivity index (χ1n) is 7.76. The number of carbonyl (C=O) groups is 2. The maximum absolute atomic E-state index is 12.8. The number of nitrogens with zero attached hydrogens (tertiary/aromatic N) is 3. The van der Waals surface area contributed by atoms with Crippen LogP contribution in [0.5, 0.6) is 0 Å². The van der Waals surface area contributed by atoms with Gasteiger partial charge in [-0.1, -0.05) is 29.4 Å². The van der Waals surface area contributed by atoms with Gasteiger partial charge in [0.15, 0.2) is 10.9 Å². The molecule has 0 atom stereocenters. The SMILES string of the molecule is CSc1nc(C(=O)Nc2cc(C(=O)N(C)C)ccc2Cl)c2ccccn12. The Morgan fingerprint density at radius 1 is 1.23 bits per heavy atom. The summed E-state index contributed by atoms with van der Waals surface area (Å²) in [6.45, 7) is 0. The number of benzene rings is 1. The number of amides is 2. The standard InChI is InChI=1S/C18H17ClN4O2S/c1-22(2)17(25)11-7-8-12(19)13(10-11)20-16(24)15-14-6-4-5-9-23(14)18(21-15)26-3/h4-10H,1-3H3,(H,20,24). The fraction of sp³-hybridized carbons (Fsp3) is 0.167. The number of rotatable bonds is 4. The Balaban J connectivity index is 1.96. The van der Waals surface area contributed by atoms with Gasteiger partial charge in [-0.25, -0.2) is 4.98 Å². The minimum absolute atomic E-state index is 0.172. The van der Waals surface area contributed by atoms with Crippen LogP contribution in [0.4, 0.5) is 5.69 Å². The van der Waals surface area contributed by atoms with E-state index in [9.17, 15) is 9.59 Å². The van der Waals surface area contributed by atoms with Crippen molar-refractivity contribution in [1.29, 1.82) is 0 Å². The monoisotopic (exact) mass is 388 g/mol. The molecule has 134 valence electrons. The molecule has 0 spiro atoms. The molecule has 6 nitrogen and oxygen atoms in total. The van der Waals surface area contributed by atoms with Crippen molar-refractivity contribution in [2.24, 2.45) is 0 Å². The number of pyridine rings is 1. The highest BCUT2D eigenvalue weighted by Crippen LogP contribution is 2.26. The molecule has 0 bridgehead atoms. The molecule has 0 radical (unpaired) electrons. The molecule has 0 fully saturated rings. The molecule has 2 aromatic heterocycles. The molecule has 0 saturated carbocycles. The second-order valence-electron chi connectivity index (χ2n) is 5.75. The Bertz CT molecular complexity index is 1000. The summed E-state index contributed by atoms with van der Waals surface area (Å²) >= 11 is 7.64. The van der Waals surface area contributed by atoms with E-state index in [1.807, 2.05) is 35.1 Å². The molecular weight excluding hydrogens is 372 g/mol. The van der Waals surface area contributed by atoms with Gasteiger partial charge >= 0.3 is 0 Å². The summed E-state index contributed by atoms with van der Waals surface area (Å²) in [4.78, 5) is 30.8. The van der Waals surface area contributed by atoms with Crippen molar-refractivity contribution in [3.05, 3.63) is 58.9 Å². The minimum Gasteiger partial charge on any atom is -0.345 e. The Hall–Kier alpha value is -2.51. The van der Waals surface area contributed by atoms with Gasteiger partial charge in [-0.15, -0.1) is 0 Å². The molecule has 0 aliphatic heterocycles. The van der Waals surface area contributed by atoms with E-state index >= 15 is 0 Å². The summed E-state index contributed by atoms with van der Waals surface area (Å²) in [7, 11) is 3.33. The predicted molar refractivity (Wildman–Crippen MR) is 104 cm³/mol. The van der Waals surface area contributed by atoms with Crippen LogP contribution in [0.3, 0.4) is 0 Å². The first-order chi connectivity index (χ1) is 12.4. The highest BCUT2D eigenvalue weighted by atomic mass is 35.5. The van der Waals surface area contributed by atoms with Crippen molar-refractivity contribution in [1.82, 2.24) is 14.3 Å². The van der Waals surface area contributed by atoms with E-state index < -0.39 is 0 Å². The van der Waals surface area contributed by atoms with Crippen molar-refractivity contribution in [2.75, 3.05) is 25.7 Å². The van der Waals surface area contributed by atoms with Crippen LogP contribution in [0.2, 0.25) is 5.02 Å². The number of hydrogen-bond donors (Lipinski definition) is 1. The van der Waals surface area contributed by atoms with Crippen LogP contribution in [-0.4, -0.2) is 46.5 Å². The third-order valence-corrected chi connectivity index (χ3v) is 4.76. The predicted octanol–water partition coefficient (Wildman–Crippen LogP) is 3.66. The van der Waals surface area contributed by atoms with E-state index in [4.69, 9.17) is 11.6 Å². The molecular formula is C18H17ClN4O2S. The summed E-state index contributed by atoms with van der Waals surface area (Å²) in [6, 6.07) is 10.3. The van der Waals surface area contributed by atoms with Gasteiger partial charge in [-0.3, -0.25) is 14.0 Å². The molecule has 0 unspecified atom stereocenters. The summed E-state index contributed by atoms with van der Waals surface area (Å²) in [5, 5.41) is 3.83. The Labute approximate surface area is 160 Å². The molecule has 0 aliphatic rings. The number of anilines is 1. The molecule has 0 aliphatic carbocycles. The van der Waals surface area contributed by atoms with E-state index in [1.165, 1.54) is 16.7 Å². The van der Waals surface area contributed by atoms with Gasteiger partial charge in [0.1, 0.15) is 0 Å².